The number of piperidine rings is 1. The number of carboxylic acid groups (broad SMARTS) is 1. The number of aliphatic carboxylic acids is 1. The zero-order valence-electron chi connectivity index (χ0n) is 13.7. The molecule has 0 amide bonds. The highest BCUT2D eigenvalue weighted by Gasteiger charge is 2.30. The predicted octanol–water partition coefficient (Wildman–Crippen LogP) is 3.04. The molecule has 0 aliphatic carbocycles. The highest BCUT2D eigenvalue weighted by molar-refractivity contribution is 5.70. The van der Waals surface area contributed by atoms with Crippen molar-refractivity contribution < 1.29 is 18.8 Å². The van der Waals surface area contributed by atoms with Gasteiger partial charge in [-0.2, -0.15) is 4.98 Å². The van der Waals surface area contributed by atoms with Gasteiger partial charge in [-0.1, -0.05) is 5.16 Å². The Morgan fingerprint density at radius 2 is 2.29 bits per heavy atom. The number of benzene rings is 1. The Kier molecular flexibility index (Phi) is 4.62. The van der Waals surface area contributed by atoms with Crippen LogP contribution in [0.25, 0.3) is 11.4 Å². The van der Waals surface area contributed by atoms with Gasteiger partial charge in [0.2, 0.25) is 11.7 Å². The number of carbonyl (C=O) groups is 1. The predicted molar refractivity (Wildman–Crippen MR) is 84.8 cm³/mol. The summed E-state index contributed by atoms with van der Waals surface area (Å²) in [4.78, 5) is 17.7. The smallest absolute Gasteiger partial charge is 0.307 e. The van der Waals surface area contributed by atoms with Gasteiger partial charge in [-0.3, -0.25) is 9.69 Å². The number of hydrogen-bond acceptors (Lipinski definition) is 5. The number of hydrogen-bond donors (Lipinski definition) is 1. The molecule has 1 aliphatic heterocycles. The summed E-state index contributed by atoms with van der Waals surface area (Å²) in [6.07, 6.45) is 1.53. The zero-order valence-corrected chi connectivity index (χ0v) is 13.7. The van der Waals surface area contributed by atoms with Gasteiger partial charge in [0.15, 0.2) is 0 Å². The number of aryl methyl sites for hydroxylation is 1. The van der Waals surface area contributed by atoms with Crippen LogP contribution in [0.2, 0.25) is 0 Å². The molecular formula is C17H20FN3O3. The molecule has 2 heterocycles. The number of likely N-dealkylation sites (tertiary alicyclic amines) is 1. The molecule has 1 aromatic heterocycles. The van der Waals surface area contributed by atoms with Gasteiger partial charge in [-0.25, -0.2) is 4.39 Å². The van der Waals surface area contributed by atoms with Crippen LogP contribution in [0.3, 0.4) is 0 Å². The first-order valence-electron chi connectivity index (χ1n) is 8.02. The van der Waals surface area contributed by atoms with Crippen LogP contribution in [0.1, 0.15) is 37.3 Å². The highest BCUT2D eigenvalue weighted by atomic mass is 19.1. The van der Waals surface area contributed by atoms with Crippen molar-refractivity contribution >= 4 is 5.97 Å². The topological polar surface area (TPSA) is 79.5 Å². The summed E-state index contributed by atoms with van der Waals surface area (Å²) in [7, 11) is 0. The third kappa shape index (κ3) is 3.31. The summed E-state index contributed by atoms with van der Waals surface area (Å²) in [5.41, 5.74) is 1.21. The molecule has 2 aromatic rings. The molecule has 1 aromatic carbocycles. The first kappa shape index (κ1) is 16.6. The maximum atomic E-state index is 13.4. The van der Waals surface area contributed by atoms with E-state index >= 15 is 0 Å². The molecule has 24 heavy (non-hydrogen) atoms. The molecule has 7 heteroatoms. The Hall–Kier alpha value is -2.28. The van der Waals surface area contributed by atoms with Crippen molar-refractivity contribution in [3.8, 4) is 11.4 Å². The lowest BCUT2D eigenvalue weighted by molar-refractivity contribution is -0.144. The number of aromatic nitrogens is 2. The molecule has 2 atom stereocenters. The van der Waals surface area contributed by atoms with Crippen molar-refractivity contribution in [3.63, 3.8) is 0 Å². The second-order valence-corrected chi connectivity index (χ2v) is 6.27. The number of carboxylic acids is 1. The minimum absolute atomic E-state index is 0.157. The number of nitrogens with zero attached hydrogens (tertiary/aromatic N) is 3. The average molecular weight is 333 g/mol. The van der Waals surface area contributed by atoms with Crippen molar-refractivity contribution in [2.24, 2.45) is 5.92 Å². The van der Waals surface area contributed by atoms with Crippen LogP contribution in [0, 0.1) is 18.7 Å². The summed E-state index contributed by atoms with van der Waals surface area (Å²) in [6.45, 7) is 4.89. The largest absolute Gasteiger partial charge is 0.481 e. The molecule has 6 nitrogen and oxygen atoms in total. The molecular weight excluding hydrogens is 313 g/mol. The van der Waals surface area contributed by atoms with Crippen LogP contribution in [0.15, 0.2) is 22.7 Å². The van der Waals surface area contributed by atoms with Crippen LogP contribution in [-0.4, -0.2) is 39.2 Å². The molecule has 0 bridgehead atoms. The Balaban J connectivity index is 1.77. The number of rotatable bonds is 4. The van der Waals surface area contributed by atoms with Crippen molar-refractivity contribution in [2.45, 2.75) is 32.7 Å². The Bertz CT molecular complexity index is 746. The average Bonchev–Trinajstić information content (AvgIpc) is 3.06. The van der Waals surface area contributed by atoms with E-state index in [1.165, 1.54) is 6.07 Å². The van der Waals surface area contributed by atoms with Crippen LogP contribution >= 0.6 is 0 Å². The van der Waals surface area contributed by atoms with Crippen LogP contribution < -0.4 is 0 Å². The van der Waals surface area contributed by atoms with E-state index in [4.69, 9.17) is 4.52 Å². The third-order valence-corrected chi connectivity index (χ3v) is 4.57. The molecule has 1 fully saturated rings. The van der Waals surface area contributed by atoms with E-state index in [1.807, 2.05) is 6.92 Å². The van der Waals surface area contributed by atoms with E-state index in [1.54, 1.807) is 19.1 Å². The Labute approximate surface area is 139 Å². The normalized spacial score (nSPS) is 20.0. The van der Waals surface area contributed by atoms with Gasteiger partial charge in [0.25, 0.3) is 0 Å². The Morgan fingerprint density at radius 3 is 3.00 bits per heavy atom. The quantitative estimate of drug-likeness (QED) is 0.926. The summed E-state index contributed by atoms with van der Waals surface area (Å²) in [6, 6.07) is 4.51. The summed E-state index contributed by atoms with van der Waals surface area (Å²) in [5.74, 6) is -0.545. The molecule has 128 valence electrons. The van der Waals surface area contributed by atoms with Gasteiger partial charge in [0.1, 0.15) is 5.82 Å². The fourth-order valence-corrected chi connectivity index (χ4v) is 3.02. The fourth-order valence-electron chi connectivity index (χ4n) is 3.02. The minimum atomic E-state index is -0.764. The van der Waals surface area contributed by atoms with Gasteiger partial charge in [-0.15, -0.1) is 0 Å². The first-order valence-corrected chi connectivity index (χ1v) is 8.02. The van der Waals surface area contributed by atoms with Gasteiger partial charge in [0.05, 0.1) is 12.0 Å². The van der Waals surface area contributed by atoms with Gasteiger partial charge < -0.3 is 9.63 Å². The van der Waals surface area contributed by atoms with Crippen molar-refractivity contribution in [2.75, 3.05) is 13.1 Å². The lowest BCUT2D eigenvalue weighted by atomic mass is 9.97. The third-order valence-electron chi connectivity index (χ3n) is 4.57. The monoisotopic (exact) mass is 333 g/mol. The summed E-state index contributed by atoms with van der Waals surface area (Å²) < 4.78 is 18.7. The van der Waals surface area contributed by atoms with E-state index < -0.39 is 5.97 Å². The molecule has 2 unspecified atom stereocenters. The van der Waals surface area contributed by atoms with Gasteiger partial charge in [-0.05, 0) is 57.0 Å². The number of halogens is 1. The van der Waals surface area contributed by atoms with Gasteiger partial charge in [0, 0.05) is 12.1 Å². The van der Waals surface area contributed by atoms with E-state index in [0.717, 1.165) is 13.0 Å². The molecule has 0 spiro atoms. The molecule has 1 aliphatic rings. The second-order valence-electron chi connectivity index (χ2n) is 6.27. The first-order chi connectivity index (χ1) is 11.5. The van der Waals surface area contributed by atoms with E-state index in [0.29, 0.717) is 35.8 Å². The zero-order chi connectivity index (χ0) is 17.3. The van der Waals surface area contributed by atoms with Crippen LogP contribution in [0.4, 0.5) is 4.39 Å². The highest BCUT2D eigenvalue weighted by Crippen LogP contribution is 2.27. The lowest BCUT2D eigenvalue weighted by Crippen LogP contribution is -2.40. The summed E-state index contributed by atoms with van der Waals surface area (Å²) >= 11 is 0. The lowest BCUT2D eigenvalue weighted by Gasteiger charge is -2.33. The van der Waals surface area contributed by atoms with E-state index in [9.17, 15) is 14.3 Å². The van der Waals surface area contributed by atoms with Crippen molar-refractivity contribution in [3.05, 3.63) is 35.5 Å². The van der Waals surface area contributed by atoms with Gasteiger partial charge >= 0.3 is 5.97 Å². The summed E-state index contributed by atoms with van der Waals surface area (Å²) in [5, 5.41) is 13.2. The molecule has 0 radical (unpaired) electrons. The van der Waals surface area contributed by atoms with Crippen LogP contribution in [-0.2, 0) is 4.79 Å². The molecule has 1 saturated heterocycles. The van der Waals surface area contributed by atoms with E-state index in [2.05, 4.69) is 15.0 Å². The maximum Gasteiger partial charge on any atom is 0.307 e. The minimum Gasteiger partial charge on any atom is -0.481 e. The van der Waals surface area contributed by atoms with Crippen LogP contribution in [0.5, 0.6) is 0 Å². The molecule has 1 N–H and O–H groups in total. The standard InChI is InChI=1S/C17H20FN3O3/c1-10-8-12(5-6-14(10)18)15-19-16(24-20-15)11(2)21-7-3-4-13(9-21)17(22)23/h5-6,8,11,13H,3-4,7,9H2,1-2H3,(H,22,23). The molecule has 3 rings (SSSR count). The molecule has 0 saturated carbocycles. The second kappa shape index (κ2) is 6.68. The maximum absolute atomic E-state index is 13.4. The fraction of sp³-hybridized carbons (Fsp3) is 0.471. The SMILES string of the molecule is Cc1cc(-c2noc(C(C)N3CCCC(C(=O)O)C3)n2)ccc1F. The Morgan fingerprint density at radius 1 is 1.50 bits per heavy atom. The van der Waals surface area contributed by atoms with Crippen molar-refractivity contribution in [1.82, 2.24) is 15.0 Å². The van der Waals surface area contributed by atoms with Crippen molar-refractivity contribution in [1.29, 1.82) is 0 Å². The van der Waals surface area contributed by atoms with E-state index in [-0.39, 0.29) is 17.8 Å².